The van der Waals surface area contributed by atoms with E-state index in [2.05, 4.69) is 52.4 Å². The summed E-state index contributed by atoms with van der Waals surface area (Å²) in [6, 6.07) is 11.2. The van der Waals surface area contributed by atoms with Crippen LogP contribution in [0, 0.1) is 18.8 Å². The van der Waals surface area contributed by atoms with Crippen LogP contribution >= 0.6 is 0 Å². The number of hydrogen-bond donors (Lipinski definition) is 1. The summed E-state index contributed by atoms with van der Waals surface area (Å²) >= 11 is 0. The molecule has 0 saturated heterocycles. The molecular weight excluding hydrogens is 334 g/mol. The van der Waals surface area contributed by atoms with Crippen molar-refractivity contribution in [2.75, 3.05) is 6.54 Å². The first-order chi connectivity index (χ1) is 13.2. The lowest BCUT2D eigenvalue weighted by Crippen LogP contribution is -2.53. The Balaban J connectivity index is 1.28. The van der Waals surface area contributed by atoms with Gasteiger partial charge in [-0.1, -0.05) is 24.3 Å². The van der Waals surface area contributed by atoms with Gasteiger partial charge in [-0.15, -0.1) is 0 Å². The van der Waals surface area contributed by atoms with E-state index in [-0.39, 0.29) is 17.2 Å². The van der Waals surface area contributed by atoms with Crippen molar-refractivity contribution in [1.29, 1.82) is 0 Å². The molecule has 1 heterocycles. The van der Waals surface area contributed by atoms with Crippen LogP contribution in [0.3, 0.4) is 0 Å². The number of aryl methyl sites for hydroxylation is 1. The quantitative estimate of drug-likeness (QED) is 0.845. The van der Waals surface area contributed by atoms with Gasteiger partial charge in [0.2, 0.25) is 5.91 Å². The molecule has 0 spiro atoms. The van der Waals surface area contributed by atoms with Gasteiger partial charge in [0.15, 0.2) is 0 Å². The Morgan fingerprint density at radius 1 is 1.26 bits per heavy atom. The van der Waals surface area contributed by atoms with Crippen LogP contribution in [0.15, 0.2) is 36.5 Å². The van der Waals surface area contributed by atoms with Crippen LogP contribution < -0.4 is 5.32 Å². The van der Waals surface area contributed by atoms with Crippen molar-refractivity contribution in [3.05, 3.63) is 53.3 Å². The monoisotopic (exact) mass is 363 g/mol. The molecule has 27 heavy (non-hydrogen) atoms. The minimum Gasteiger partial charge on any atom is -0.355 e. The largest absolute Gasteiger partial charge is 0.355 e. The summed E-state index contributed by atoms with van der Waals surface area (Å²) in [6.07, 6.45) is 10.1. The zero-order valence-corrected chi connectivity index (χ0v) is 16.2. The Morgan fingerprint density at radius 2 is 2.11 bits per heavy atom. The molecule has 1 aromatic heterocycles. The predicted molar refractivity (Wildman–Crippen MR) is 106 cm³/mol. The van der Waals surface area contributed by atoms with E-state index in [0.717, 1.165) is 19.4 Å². The summed E-state index contributed by atoms with van der Waals surface area (Å²) in [7, 11) is 0. The molecular formula is C23H29N3O. The summed E-state index contributed by atoms with van der Waals surface area (Å²) in [5, 5.41) is 7.90. The Hall–Kier alpha value is -2.10. The minimum atomic E-state index is 0.0451. The maximum absolute atomic E-state index is 13.1. The molecule has 4 aliphatic carbocycles. The van der Waals surface area contributed by atoms with Crippen LogP contribution in [0.25, 0.3) is 0 Å². The van der Waals surface area contributed by atoms with Gasteiger partial charge in [0.25, 0.3) is 0 Å². The van der Waals surface area contributed by atoms with Crippen LogP contribution in [0.4, 0.5) is 0 Å². The average molecular weight is 364 g/mol. The van der Waals surface area contributed by atoms with E-state index in [1.165, 1.54) is 48.9 Å². The fourth-order valence-corrected chi connectivity index (χ4v) is 5.78. The topological polar surface area (TPSA) is 46.9 Å². The molecule has 2 aromatic rings. The Kier molecular flexibility index (Phi) is 4.10. The van der Waals surface area contributed by atoms with E-state index in [0.29, 0.717) is 12.0 Å². The molecule has 4 aliphatic rings. The molecule has 4 saturated carbocycles. The van der Waals surface area contributed by atoms with Crippen LogP contribution in [-0.2, 0) is 16.6 Å². The molecule has 3 unspecified atom stereocenters. The van der Waals surface area contributed by atoms with Gasteiger partial charge in [-0.3, -0.25) is 9.48 Å². The molecule has 6 rings (SSSR count). The lowest BCUT2D eigenvalue weighted by Gasteiger charge is -2.47. The van der Waals surface area contributed by atoms with Crippen molar-refractivity contribution in [2.24, 2.45) is 11.8 Å². The summed E-state index contributed by atoms with van der Waals surface area (Å²) in [6.45, 7) is 2.87. The summed E-state index contributed by atoms with van der Waals surface area (Å²) in [5.74, 6) is 0.969. The molecule has 1 N–H and O–H groups in total. The van der Waals surface area contributed by atoms with E-state index in [1.54, 1.807) is 0 Å². The molecule has 1 aromatic carbocycles. The first-order valence-electron chi connectivity index (χ1n) is 10.6. The highest BCUT2D eigenvalue weighted by atomic mass is 16.2. The molecule has 3 atom stereocenters. The number of fused-ring (bicyclic) bond motifs is 1. The first-order valence-corrected chi connectivity index (χ1v) is 10.6. The highest BCUT2D eigenvalue weighted by Crippen LogP contribution is 2.64. The number of benzene rings is 1. The standard InChI is InChI=1S/C23H29N3O/c1-16-5-2-3-6-17(16)10-13-24-22(27)21-18-9-12-23(21,15-18)20-11-14-25-26(20)19-7-4-8-19/h2-3,5-6,11,14,18-19,21H,4,7-10,12-13,15H2,1H3,(H,24,27). The summed E-state index contributed by atoms with van der Waals surface area (Å²) in [5.41, 5.74) is 4.01. The molecule has 2 bridgehead atoms. The molecule has 142 valence electrons. The summed E-state index contributed by atoms with van der Waals surface area (Å²) in [4.78, 5) is 13.1. The fourth-order valence-electron chi connectivity index (χ4n) is 5.78. The van der Waals surface area contributed by atoms with Crippen LogP contribution in [0.2, 0.25) is 0 Å². The number of aromatic nitrogens is 2. The Morgan fingerprint density at radius 3 is 2.85 bits per heavy atom. The molecule has 4 fully saturated rings. The van der Waals surface area contributed by atoms with Gasteiger partial charge in [0.1, 0.15) is 0 Å². The number of nitrogens with zero attached hydrogens (tertiary/aromatic N) is 2. The second-order valence-corrected chi connectivity index (χ2v) is 8.85. The van der Waals surface area contributed by atoms with Gasteiger partial charge in [0.05, 0.1) is 12.0 Å². The third-order valence-electron chi connectivity index (χ3n) is 7.49. The molecule has 4 heteroatoms. The minimum absolute atomic E-state index is 0.0451. The predicted octanol–water partition coefficient (Wildman–Crippen LogP) is 3.94. The second kappa shape index (κ2) is 6.50. The van der Waals surface area contributed by atoms with Crippen molar-refractivity contribution < 1.29 is 4.79 Å². The Labute approximate surface area is 161 Å². The van der Waals surface area contributed by atoms with Crippen LogP contribution in [0.5, 0.6) is 0 Å². The van der Waals surface area contributed by atoms with E-state index in [4.69, 9.17) is 0 Å². The highest BCUT2D eigenvalue weighted by Gasteiger charge is 2.64. The Bertz CT molecular complexity index is 849. The van der Waals surface area contributed by atoms with Gasteiger partial charge in [-0.05, 0) is 75.0 Å². The smallest absolute Gasteiger partial charge is 0.224 e. The number of carbonyl (C=O) groups excluding carboxylic acids is 1. The van der Waals surface area contributed by atoms with Crippen molar-refractivity contribution in [3.8, 4) is 0 Å². The van der Waals surface area contributed by atoms with Crippen molar-refractivity contribution in [2.45, 2.75) is 63.3 Å². The zero-order chi connectivity index (χ0) is 18.4. The molecule has 0 aliphatic heterocycles. The van der Waals surface area contributed by atoms with Gasteiger partial charge in [-0.25, -0.2) is 0 Å². The highest BCUT2D eigenvalue weighted by molar-refractivity contribution is 5.82. The van der Waals surface area contributed by atoms with E-state index < -0.39 is 0 Å². The maximum atomic E-state index is 13.1. The number of rotatable bonds is 6. The van der Waals surface area contributed by atoms with E-state index in [1.807, 2.05) is 6.20 Å². The van der Waals surface area contributed by atoms with Gasteiger partial charge in [0, 0.05) is 23.9 Å². The van der Waals surface area contributed by atoms with Crippen molar-refractivity contribution >= 4 is 5.91 Å². The number of carbonyl (C=O) groups is 1. The van der Waals surface area contributed by atoms with Crippen LogP contribution in [-0.4, -0.2) is 22.2 Å². The van der Waals surface area contributed by atoms with Gasteiger partial charge in [-0.2, -0.15) is 5.10 Å². The van der Waals surface area contributed by atoms with Crippen molar-refractivity contribution in [1.82, 2.24) is 15.1 Å². The maximum Gasteiger partial charge on any atom is 0.224 e. The first kappa shape index (κ1) is 17.0. The third kappa shape index (κ3) is 2.64. The lowest BCUT2D eigenvalue weighted by molar-refractivity contribution is -0.133. The molecule has 4 nitrogen and oxygen atoms in total. The second-order valence-electron chi connectivity index (χ2n) is 8.85. The van der Waals surface area contributed by atoms with Gasteiger partial charge >= 0.3 is 0 Å². The number of hydrogen-bond acceptors (Lipinski definition) is 2. The average Bonchev–Trinajstić information content (AvgIpc) is 3.29. The zero-order valence-electron chi connectivity index (χ0n) is 16.2. The van der Waals surface area contributed by atoms with Gasteiger partial charge < -0.3 is 5.32 Å². The van der Waals surface area contributed by atoms with Crippen LogP contribution in [0.1, 0.15) is 61.4 Å². The third-order valence-corrected chi connectivity index (χ3v) is 7.49. The lowest BCUT2D eigenvalue weighted by atomic mass is 9.58. The molecule has 0 radical (unpaired) electrons. The van der Waals surface area contributed by atoms with E-state index >= 15 is 0 Å². The van der Waals surface area contributed by atoms with E-state index in [9.17, 15) is 4.79 Å². The number of nitrogens with one attached hydrogen (secondary N) is 1. The normalized spacial score (nSPS) is 29.2. The SMILES string of the molecule is Cc1ccccc1CCNC(=O)C1C2CCC1(c1ccnn1C1CCC1)C2. The van der Waals surface area contributed by atoms with Crippen molar-refractivity contribution in [3.63, 3.8) is 0 Å². The fraction of sp³-hybridized carbons (Fsp3) is 0.565. The number of amides is 1. The summed E-state index contributed by atoms with van der Waals surface area (Å²) < 4.78 is 2.26. The molecule has 1 amide bonds.